The second-order valence-electron chi connectivity index (χ2n) is 5.93. The number of carboxylic acids is 1. The Morgan fingerprint density at radius 3 is 2.77 bits per heavy atom. The first-order valence-electron chi connectivity index (χ1n) is 7.70. The van der Waals surface area contributed by atoms with E-state index in [9.17, 15) is 19.5 Å². The number of aromatic nitrogens is 3. The summed E-state index contributed by atoms with van der Waals surface area (Å²) in [5, 5.41) is 9.20. The van der Waals surface area contributed by atoms with E-state index in [4.69, 9.17) is 5.73 Å². The molecule has 3 aromatic rings. The van der Waals surface area contributed by atoms with Crippen LogP contribution in [0.2, 0.25) is 0 Å². The van der Waals surface area contributed by atoms with E-state index in [1.807, 2.05) is 0 Å². The number of nitrogens with two attached hydrogens (primary N) is 1. The van der Waals surface area contributed by atoms with Gasteiger partial charge in [-0.1, -0.05) is 0 Å². The number of amides is 2. The van der Waals surface area contributed by atoms with Crippen molar-refractivity contribution in [2.75, 3.05) is 13.1 Å². The molecule has 10 heteroatoms. The van der Waals surface area contributed by atoms with Gasteiger partial charge >= 0.3 is 5.97 Å². The maximum atomic E-state index is 12.4. The first kappa shape index (κ1) is 16.2. The molecule has 132 valence electrons. The Balaban J connectivity index is 1.59. The zero-order valence-corrected chi connectivity index (χ0v) is 14.1. The monoisotopic (exact) mass is 371 g/mol. The quantitative estimate of drug-likeness (QED) is 0.623. The summed E-state index contributed by atoms with van der Waals surface area (Å²) in [6.45, 7) is 0.664. The number of carboxylic acid groups (broad SMARTS) is 1. The zero-order chi connectivity index (χ0) is 18.4. The molecule has 0 spiro atoms. The van der Waals surface area contributed by atoms with Gasteiger partial charge in [-0.05, 0) is 12.1 Å². The van der Waals surface area contributed by atoms with Gasteiger partial charge in [0.15, 0.2) is 5.65 Å². The highest BCUT2D eigenvalue weighted by Crippen LogP contribution is 2.30. The van der Waals surface area contributed by atoms with Crippen molar-refractivity contribution in [3.8, 4) is 10.6 Å². The largest absolute Gasteiger partial charge is 0.478 e. The number of carbonyl (C=O) groups excluding carboxylic acids is 2. The highest BCUT2D eigenvalue weighted by atomic mass is 32.1. The number of carbonyl (C=O) groups is 3. The van der Waals surface area contributed by atoms with Crippen LogP contribution in [-0.2, 0) is 4.79 Å². The first-order chi connectivity index (χ1) is 12.4. The molecule has 1 saturated heterocycles. The van der Waals surface area contributed by atoms with E-state index >= 15 is 0 Å². The lowest BCUT2D eigenvalue weighted by atomic mass is 9.99. The third-order valence-electron chi connectivity index (χ3n) is 4.25. The lowest BCUT2D eigenvalue weighted by Gasteiger charge is -2.36. The molecule has 4 rings (SSSR count). The lowest BCUT2D eigenvalue weighted by molar-refractivity contribution is -0.125. The van der Waals surface area contributed by atoms with Gasteiger partial charge in [-0.2, -0.15) is 0 Å². The van der Waals surface area contributed by atoms with Gasteiger partial charge in [0.25, 0.3) is 5.91 Å². The summed E-state index contributed by atoms with van der Waals surface area (Å²) in [4.78, 5) is 48.8. The number of rotatable bonds is 4. The molecule has 0 aromatic carbocycles. The Bertz CT molecular complexity index is 1050. The van der Waals surface area contributed by atoms with Crippen LogP contribution < -0.4 is 5.73 Å². The number of nitrogens with one attached hydrogen (secondary N) is 1. The second-order valence-corrected chi connectivity index (χ2v) is 7.02. The average Bonchev–Trinajstić information content (AvgIpc) is 3.19. The Kier molecular flexibility index (Phi) is 3.69. The van der Waals surface area contributed by atoms with Gasteiger partial charge in [-0.3, -0.25) is 9.59 Å². The number of hydrogen-bond donors (Lipinski definition) is 3. The van der Waals surface area contributed by atoms with Crippen LogP contribution >= 0.6 is 11.3 Å². The van der Waals surface area contributed by atoms with Crippen LogP contribution in [0.1, 0.15) is 20.0 Å². The predicted octanol–water partition coefficient (Wildman–Crippen LogP) is 0.942. The van der Waals surface area contributed by atoms with Crippen molar-refractivity contribution in [3.63, 3.8) is 0 Å². The molecule has 1 aliphatic heterocycles. The Morgan fingerprint density at radius 1 is 1.31 bits per heavy atom. The highest BCUT2D eigenvalue weighted by molar-refractivity contribution is 7.17. The smallest absolute Gasteiger partial charge is 0.339 e. The van der Waals surface area contributed by atoms with Crippen molar-refractivity contribution in [1.29, 1.82) is 0 Å². The molecule has 3 aromatic heterocycles. The van der Waals surface area contributed by atoms with Crippen molar-refractivity contribution in [3.05, 3.63) is 35.0 Å². The molecule has 4 N–H and O–H groups in total. The Morgan fingerprint density at radius 2 is 2.08 bits per heavy atom. The van der Waals surface area contributed by atoms with Crippen molar-refractivity contribution < 1.29 is 19.5 Å². The molecule has 2 amide bonds. The minimum Gasteiger partial charge on any atom is -0.478 e. The van der Waals surface area contributed by atoms with E-state index in [-0.39, 0.29) is 22.9 Å². The fourth-order valence-electron chi connectivity index (χ4n) is 2.74. The fourth-order valence-corrected chi connectivity index (χ4v) is 3.67. The number of thiophene rings is 1. The van der Waals surface area contributed by atoms with E-state index in [0.717, 1.165) is 0 Å². The number of nitrogens with zero attached hydrogens (tertiary/aromatic N) is 3. The Hall–Kier alpha value is -3.27. The van der Waals surface area contributed by atoms with Gasteiger partial charge in [0.05, 0.1) is 27.6 Å². The molecule has 1 aliphatic rings. The zero-order valence-electron chi connectivity index (χ0n) is 13.3. The summed E-state index contributed by atoms with van der Waals surface area (Å²) in [5.41, 5.74) is 6.40. The van der Waals surface area contributed by atoms with Crippen molar-refractivity contribution >= 4 is 40.3 Å². The molecule has 0 atom stereocenters. The predicted molar refractivity (Wildman–Crippen MR) is 92.7 cm³/mol. The average molecular weight is 371 g/mol. The minimum atomic E-state index is -1.09. The number of likely N-dealkylation sites (tertiary alicyclic amines) is 1. The van der Waals surface area contributed by atoms with Gasteiger partial charge in [-0.15, -0.1) is 11.3 Å². The van der Waals surface area contributed by atoms with Crippen LogP contribution in [-0.4, -0.2) is 55.8 Å². The van der Waals surface area contributed by atoms with Gasteiger partial charge in [0, 0.05) is 19.3 Å². The van der Waals surface area contributed by atoms with E-state index in [0.29, 0.717) is 34.2 Å². The number of hydrogen-bond acceptors (Lipinski definition) is 6. The molecule has 1 fully saturated rings. The molecule has 0 aliphatic carbocycles. The number of primary amides is 1. The molecule has 0 saturated carbocycles. The van der Waals surface area contributed by atoms with Crippen LogP contribution in [0.15, 0.2) is 24.5 Å². The van der Waals surface area contributed by atoms with Gasteiger partial charge in [-0.25, -0.2) is 14.8 Å². The van der Waals surface area contributed by atoms with Crippen LogP contribution in [0.4, 0.5) is 0 Å². The summed E-state index contributed by atoms with van der Waals surface area (Å²) in [7, 11) is 0. The van der Waals surface area contributed by atoms with E-state index in [1.54, 1.807) is 17.0 Å². The van der Waals surface area contributed by atoms with Gasteiger partial charge in [0.2, 0.25) is 5.91 Å². The maximum Gasteiger partial charge on any atom is 0.339 e. The standard InChI is InChI=1S/C16H13N5O4S/c17-13(22)7-5-21(6-7)15(23)11-2-1-10(26-11)9-4-19-14-12(20-9)8(3-18-14)16(24)25/h1-4,7H,5-6H2,(H2,17,22)(H,18,19)(H,24,25). The van der Waals surface area contributed by atoms with Gasteiger partial charge in [0.1, 0.15) is 11.1 Å². The molecule has 0 radical (unpaired) electrons. The van der Waals surface area contributed by atoms with Crippen LogP contribution in [0.5, 0.6) is 0 Å². The van der Waals surface area contributed by atoms with Crippen LogP contribution in [0.25, 0.3) is 21.7 Å². The fraction of sp³-hybridized carbons (Fsp3) is 0.188. The van der Waals surface area contributed by atoms with Crippen LogP contribution in [0, 0.1) is 5.92 Å². The summed E-state index contributed by atoms with van der Waals surface area (Å²) >= 11 is 1.24. The first-order valence-corrected chi connectivity index (χ1v) is 8.52. The van der Waals surface area contributed by atoms with Crippen molar-refractivity contribution in [2.45, 2.75) is 0 Å². The summed E-state index contributed by atoms with van der Waals surface area (Å²) in [6, 6.07) is 3.42. The third kappa shape index (κ3) is 2.60. The Labute approximate surface area is 150 Å². The molecule has 9 nitrogen and oxygen atoms in total. The van der Waals surface area contributed by atoms with E-state index < -0.39 is 11.9 Å². The lowest BCUT2D eigenvalue weighted by Crippen LogP contribution is -2.54. The summed E-state index contributed by atoms with van der Waals surface area (Å²) < 4.78 is 0. The molecule has 0 unspecified atom stereocenters. The maximum absolute atomic E-state index is 12.4. The molecular weight excluding hydrogens is 358 g/mol. The minimum absolute atomic E-state index is 0.0419. The number of H-pyrrole nitrogens is 1. The van der Waals surface area contributed by atoms with Crippen molar-refractivity contribution in [1.82, 2.24) is 19.9 Å². The van der Waals surface area contributed by atoms with Gasteiger partial charge < -0.3 is 20.7 Å². The SMILES string of the molecule is NC(=O)C1CN(C(=O)c2ccc(-c3cnc4[nH]cc(C(=O)O)c4n3)s2)C1. The number of aromatic amines is 1. The topological polar surface area (TPSA) is 142 Å². The van der Waals surface area contributed by atoms with E-state index in [1.165, 1.54) is 23.7 Å². The molecular formula is C16H13N5O4S. The van der Waals surface area contributed by atoms with Crippen molar-refractivity contribution in [2.24, 2.45) is 11.7 Å². The number of fused-ring (bicyclic) bond motifs is 1. The van der Waals surface area contributed by atoms with E-state index in [2.05, 4.69) is 15.0 Å². The number of aromatic carboxylic acids is 1. The molecule has 26 heavy (non-hydrogen) atoms. The second kappa shape index (κ2) is 5.92. The summed E-state index contributed by atoms with van der Waals surface area (Å²) in [6.07, 6.45) is 2.87. The molecule has 4 heterocycles. The summed E-state index contributed by atoms with van der Waals surface area (Å²) in [5.74, 6) is -1.94. The highest BCUT2D eigenvalue weighted by Gasteiger charge is 2.35. The van der Waals surface area contributed by atoms with Crippen LogP contribution in [0.3, 0.4) is 0 Å². The molecule has 0 bridgehead atoms. The normalized spacial score (nSPS) is 14.4. The third-order valence-corrected chi connectivity index (χ3v) is 5.35.